The number of rotatable bonds is 9. The van der Waals surface area contributed by atoms with E-state index < -0.39 is 6.04 Å². The molecule has 0 fully saturated rings. The Morgan fingerprint density at radius 1 is 1.11 bits per heavy atom. The van der Waals surface area contributed by atoms with Crippen molar-refractivity contribution in [2.75, 3.05) is 13.7 Å². The predicted molar refractivity (Wildman–Crippen MR) is 111 cm³/mol. The molecule has 0 saturated heterocycles. The van der Waals surface area contributed by atoms with Gasteiger partial charge in [0, 0.05) is 18.1 Å². The highest BCUT2D eigenvalue weighted by Gasteiger charge is 2.28. The van der Waals surface area contributed by atoms with E-state index in [2.05, 4.69) is 5.32 Å². The van der Waals surface area contributed by atoms with E-state index in [-0.39, 0.29) is 18.2 Å². The molecule has 5 nitrogen and oxygen atoms in total. The van der Waals surface area contributed by atoms with Gasteiger partial charge in [0.1, 0.15) is 11.8 Å². The highest BCUT2D eigenvalue weighted by Crippen LogP contribution is 2.18. The molecule has 0 aliphatic rings. The number of carbonyl (C=O) groups excluding carboxylic acids is 2. The van der Waals surface area contributed by atoms with Crippen LogP contribution in [-0.2, 0) is 22.6 Å². The van der Waals surface area contributed by atoms with E-state index in [0.29, 0.717) is 24.5 Å². The summed E-state index contributed by atoms with van der Waals surface area (Å²) in [7, 11) is 1.61. The fraction of sp³-hybridized carbons (Fsp3) is 0.364. The van der Waals surface area contributed by atoms with Crippen LogP contribution in [0.3, 0.4) is 0 Å². The number of methoxy groups -OCH3 is 1. The minimum Gasteiger partial charge on any atom is -0.497 e. The highest BCUT2D eigenvalue weighted by molar-refractivity contribution is 6.30. The van der Waals surface area contributed by atoms with Gasteiger partial charge in [-0.05, 0) is 48.7 Å². The first-order chi connectivity index (χ1) is 13.5. The molecule has 0 unspecified atom stereocenters. The van der Waals surface area contributed by atoms with E-state index in [1.165, 1.54) is 0 Å². The van der Waals surface area contributed by atoms with Gasteiger partial charge >= 0.3 is 0 Å². The molecule has 0 heterocycles. The van der Waals surface area contributed by atoms with Crippen molar-refractivity contribution in [3.63, 3.8) is 0 Å². The number of ether oxygens (including phenoxy) is 1. The Hall–Kier alpha value is -2.53. The molecule has 1 N–H and O–H groups in total. The van der Waals surface area contributed by atoms with E-state index >= 15 is 0 Å². The van der Waals surface area contributed by atoms with Gasteiger partial charge in [-0.3, -0.25) is 9.59 Å². The quantitative estimate of drug-likeness (QED) is 0.693. The van der Waals surface area contributed by atoms with E-state index in [0.717, 1.165) is 16.9 Å². The lowest BCUT2D eigenvalue weighted by atomic mass is 10.1. The maximum absolute atomic E-state index is 13.1. The van der Waals surface area contributed by atoms with Gasteiger partial charge in [0.15, 0.2) is 0 Å². The fourth-order valence-corrected chi connectivity index (χ4v) is 3.28. The molecule has 150 valence electrons. The summed E-state index contributed by atoms with van der Waals surface area (Å²) in [6.07, 6.45) is 0.718. The lowest BCUT2D eigenvalue weighted by Crippen LogP contribution is -2.49. The van der Waals surface area contributed by atoms with Gasteiger partial charge in [-0.2, -0.15) is 0 Å². The van der Waals surface area contributed by atoms with Crippen molar-refractivity contribution in [1.82, 2.24) is 10.2 Å². The summed E-state index contributed by atoms with van der Waals surface area (Å²) in [6, 6.07) is 14.2. The zero-order valence-corrected chi connectivity index (χ0v) is 17.3. The van der Waals surface area contributed by atoms with Crippen molar-refractivity contribution in [3.8, 4) is 5.75 Å². The van der Waals surface area contributed by atoms with E-state index in [1.807, 2.05) is 50.2 Å². The fourth-order valence-electron chi connectivity index (χ4n) is 3.06. The van der Waals surface area contributed by atoms with Gasteiger partial charge in [0.05, 0.1) is 13.5 Å². The third-order valence-electron chi connectivity index (χ3n) is 4.49. The second-order valence-corrected chi connectivity index (χ2v) is 6.93. The number of hydrogen-bond donors (Lipinski definition) is 1. The summed E-state index contributed by atoms with van der Waals surface area (Å²) in [5.74, 6) is 0.491. The predicted octanol–water partition coefficient (Wildman–Crippen LogP) is 3.83. The number of benzene rings is 2. The van der Waals surface area contributed by atoms with Gasteiger partial charge in [0.2, 0.25) is 11.8 Å². The van der Waals surface area contributed by atoms with Gasteiger partial charge in [0.25, 0.3) is 0 Å². The lowest BCUT2D eigenvalue weighted by molar-refractivity contribution is -0.140. The number of halogens is 1. The van der Waals surface area contributed by atoms with Gasteiger partial charge < -0.3 is 15.0 Å². The molecule has 2 aromatic carbocycles. The van der Waals surface area contributed by atoms with E-state index in [9.17, 15) is 9.59 Å². The van der Waals surface area contributed by atoms with Crippen molar-refractivity contribution >= 4 is 23.4 Å². The average molecular weight is 403 g/mol. The van der Waals surface area contributed by atoms with Gasteiger partial charge in [-0.15, -0.1) is 0 Å². The summed E-state index contributed by atoms with van der Waals surface area (Å²) in [5.41, 5.74) is 1.76. The molecule has 0 spiro atoms. The molecule has 0 aliphatic heterocycles. The lowest BCUT2D eigenvalue weighted by Gasteiger charge is -2.30. The smallest absolute Gasteiger partial charge is 0.242 e. The van der Waals surface area contributed by atoms with Crippen LogP contribution in [0, 0.1) is 0 Å². The van der Waals surface area contributed by atoms with Crippen LogP contribution in [0.2, 0.25) is 5.02 Å². The summed E-state index contributed by atoms with van der Waals surface area (Å²) in [5, 5.41) is 3.42. The van der Waals surface area contributed by atoms with Crippen LogP contribution in [0.25, 0.3) is 0 Å². The molecule has 0 radical (unpaired) electrons. The summed E-state index contributed by atoms with van der Waals surface area (Å²) >= 11 is 6.05. The van der Waals surface area contributed by atoms with Crippen LogP contribution >= 0.6 is 11.6 Å². The number of carbonyl (C=O) groups is 2. The monoisotopic (exact) mass is 402 g/mol. The van der Waals surface area contributed by atoms with Crippen LogP contribution in [0.5, 0.6) is 5.75 Å². The Kier molecular flexibility index (Phi) is 8.33. The molecule has 1 atom stereocenters. The van der Waals surface area contributed by atoms with E-state index in [1.54, 1.807) is 24.1 Å². The summed E-state index contributed by atoms with van der Waals surface area (Å²) in [4.78, 5) is 27.4. The minimum atomic E-state index is -0.534. The Balaban J connectivity index is 2.27. The van der Waals surface area contributed by atoms with Crippen LogP contribution < -0.4 is 10.1 Å². The molecule has 6 heteroatoms. The first-order valence-electron chi connectivity index (χ1n) is 9.43. The third kappa shape index (κ3) is 5.99. The Labute approximate surface area is 171 Å². The average Bonchev–Trinajstić information content (AvgIpc) is 2.68. The van der Waals surface area contributed by atoms with Gasteiger partial charge in [-0.1, -0.05) is 42.8 Å². The number of likely N-dealkylation sites (N-methyl/N-ethyl adjacent to an activating group) is 1. The van der Waals surface area contributed by atoms with Crippen LogP contribution in [0.4, 0.5) is 0 Å². The molecule has 28 heavy (non-hydrogen) atoms. The largest absolute Gasteiger partial charge is 0.497 e. The van der Waals surface area contributed by atoms with Crippen molar-refractivity contribution in [2.45, 2.75) is 39.3 Å². The Morgan fingerprint density at radius 3 is 2.39 bits per heavy atom. The maximum atomic E-state index is 13.1. The molecule has 0 bridgehead atoms. The first kappa shape index (κ1) is 21.8. The number of nitrogens with one attached hydrogen (secondary N) is 1. The number of amides is 2. The van der Waals surface area contributed by atoms with Crippen LogP contribution in [-0.4, -0.2) is 36.4 Å². The molecule has 2 amide bonds. The highest BCUT2D eigenvalue weighted by atomic mass is 35.5. The molecule has 0 aromatic heterocycles. The SMILES string of the molecule is CCNC(=O)[C@@H](CC)N(Cc1ccc(OC)cc1)C(=O)Cc1cccc(Cl)c1. The zero-order valence-electron chi connectivity index (χ0n) is 16.6. The second kappa shape index (κ2) is 10.7. The minimum absolute atomic E-state index is 0.115. The Morgan fingerprint density at radius 2 is 1.82 bits per heavy atom. The van der Waals surface area contributed by atoms with Crippen molar-refractivity contribution in [1.29, 1.82) is 0 Å². The second-order valence-electron chi connectivity index (χ2n) is 6.50. The van der Waals surface area contributed by atoms with Crippen molar-refractivity contribution < 1.29 is 14.3 Å². The number of nitrogens with zero attached hydrogens (tertiary/aromatic N) is 1. The number of hydrogen-bond acceptors (Lipinski definition) is 3. The molecule has 2 rings (SSSR count). The molecule has 2 aromatic rings. The van der Waals surface area contributed by atoms with Crippen molar-refractivity contribution in [2.24, 2.45) is 0 Å². The normalized spacial score (nSPS) is 11.6. The first-order valence-corrected chi connectivity index (χ1v) is 9.80. The Bertz CT molecular complexity index is 793. The summed E-state index contributed by atoms with van der Waals surface area (Å²) < 4.78 is 5.19. The standard InChI is InChI=1S/C22H27ClN2O3/c1-4-20(22(27)24-5-2)25(15-16-9-11-19(28-3)12-10-16)21(26)14-17-7-6-8-18(23)13-17/h6-13,20H,4-5,14-15H2,1-3H3,(H,24,27)/t20-/m1/s1. The van der Waals surface area contributed by atoms with Gasteiger partial charge in [-0.25, -0.2) is 0 Å². The van der Waals surface area contributed by atoms with E-state index in [4.69, 9.17) is 16.3 Å². The molecular weight excluding hydrogens is 376 g/mol. The summed E-state index contributed by atoms with van der Waals surface area (Å²) in [6.45, 7) is 4.65. The maximum Gasteiger partial charge on any atom is 0.242 e. The van der Waals surface area contributed by atoms with Crippen LogP contribution in [0.1, 0.15) is 31.4 Å². The van der Waals surface area contributed by atoms with Crippen molar-refractivity contribution in [3.05, 3.63) is 64.7 Å². The molecular formula is C22H27ClN2O3. The topological polar surface area (TPSA) is 58.6 Å². The third-order valence-corrected chi connectivity index (χ3v) is 4.73. The molecule has 0 saturated carbocycles. The molecule has 0 aliphatic carbocycles. The zero-order chi connectivity index (χ0) is 20.5. The van der Waals surface area contributed by atoms with Crippen LogP contribution in [0.15, 0.2) is 48.5 Å².